The van der Waals surface area contributed by atoms with Crippen LogP contribution in [0.4, 0.5) is 17.1 Å². The molecule has 3 aromatic carbocycles. The standard InChI is InChI=1S/C22H22N2O2/c1-16(2)26-21-11-7-6-10-20(21)22(25)24-19-14-12-18(13-15-19)23-17-8-4-3-5-9-17/h3-16,23H,1-2H3,(H,24,25). The second-order valence-electron chi connectivity index (χ2n) is 6.19. The topological polar surface area (TPSA) is 50.4 Å². The van der Waals surface area contributed by atoms with Gasteiger partial charge in [0.2, 0.25) is 0 Å². The number of carbonyl (C=O) groups is 1. The lowest BCUT2D eigenvalue weighted by Crippen LogP contribution is -2.15. The Balaban J connectivity index is 1.68. The lowest BCUT2D eigenvalue weighted by atomic mass is 10.1. The third-order valence-electron chi connectivity index (χ3n) is 3.70. The predicted molar refractivity (Wildman–Crippen MR) is 106 cm³/mol. The smallest absolute Gasteiger partial charge is 0.259 e. The first kappa shape index (κ1) is 17.5. The van der Waals surface area contributed by atoms with Gasteiger partial charge in [0.1, 0.15) is 5.75 Å². The van der Waals surface area contributed by atoms with Gasteiger partial charge in [-0.25, -0.2) is 0 Å². The molecule has 0 aromatic heterocycles. The van der Waals surface area contributed by atoms with Crippen LogP contribution in [0.5, 0.6) is 5.75 Å². The summed E-state index contributed by atoms with van der Waals surface area (Å²) in [7, 11) is 0. The Morgan fingerprint density at radius 3 is 2.04 bits per heavy atom. The summed E-state index contributed by atoms with van der Waals surface area (Å²) in [5, 5.41) is 6.23. The summed E-state index contributed by atoms with van der Waals surface area (Å²) < 4.78 is 5.72. The molecule has 0 unspecified atom stereocenters. The van der Waals surface area contributed by atoms with Gasteiger partial charge in [0.15, 0.2) is 0 Å². The van der Waals surface area contributed by atoms with E-state index < -0.39 is 0 Å². The van der Waals surface area contributed by atoms with Crippen molar-refractivity contribution in [3.63, 3.8) is 0 Å². The van der Waals surface area contributed by atoms with Gasteiger partial charge in [-0.3, -0.25) is 4.79 Å². The van der Waals surface area contributed by atoms with Crippen LogP contribution in [0.15, 0.2) is 78.9 Å². The first-order chi connectivity index (χ1) is 12.6. The largest absolute Gasteiger partial charge is 0.490 e. The second-order valence-corrected chi connectivity index (χ2v) is 6.19. The second kappa shape index (κ2) is 8.21. The minimum Gasteiger partial charge on any atom is -0.490 e. The van der Waals surface area contributed by atoms with Gasteiger partial charge in [0, 0.05) is 17.1 Å². The molecule has 26 heavy (non-hydrogen) atoms. The number of nitrogens with one attached hydrogen (secondary N) is 2. The van der Waals surface area contributed by atoms with Gasteiger partial charge >= 0.3 is 0 Å². The summed E-state index contributed by atoms with van der Waals surface area (Å²) in [6.45, 7) is 3.88. The summed E-state index contributed by atoms with van der Waals surface area (Å²) in [4.78, 5) is 12.6. The van der Waals surface area contributed by atoms with E-state index in [1.54, 1.807) is 6.07 Å². The number of carbonyl (C=O) groups excluding carboxylic acids is 1. The molecule has 0 heterocycles. The van der Waals surface area contributed by atoms with Gasteiger partial charge in [-0.2, -0.15) is 0 Å². The number of hydrogen-bond acceptors (Lipinski definition) is 3. The van der Waals surface area contributed by atoms with Gasteiger partial charge in [0.05, 0.1) is 11.7 Å². The highest BCUT2D eigenvalue weighted by Crippen LogP contribution is 2.22. The van der Waals surface area contributed by atoms with Crippen molar-refractivity contribution in [2.24, 2.45) is 0 Å². The first-order valence-corrected chi connectivity index (χ1v) is 8.61. The third kappa shape index (κ3) is 4.63. The molecule has 3 aromatic rings. The Morgan fingerprint density at radius 2 is 1.35 bits per heavy atom. The molecule has 0 aliphatic carbocycles. The lowest BCUT2D eigenvalue weighted by molar-refractivity contribution is 0.102. The summed E-state index contributed by atoms with van der Waals surface area (Å²) in [6.07, 6.45) is 0.00675. The quantitative estimate of drug-likeness (QED) is 0.622. The zero-order valence-corrected chi connectivity index (χ0v) is 14.9. The van der Waals surface area contributed by atoms with Crippen molar-refractivity contribution >= 4 is 23.0 Å². The van der Waals surface area contributed by atoms with Crippen molar-refractivity contribution in [1.82, 2.24) is 0 Å². The van der Waals surface area contributed by atoms with Gasteiger partial charge in [-0.15, -0.1) is 0 Å². The minimum atomic E-state index is -0.190. The fourth-order valence-corrected chi connectivity index (χ4v) is 2.53. The molecule has 0 fully saturated rings. The Bertz CT molecular complexity index is 859. The van der Waals surface area contributed by atoms with Crippen molar-refractivity contribution in [2.45, 2.75) is 20.0 Å². The number of amides is 1. The van der Waals surface area contributed by atoms with Crippen LogP contribution in [0.25, 0.3) is 0 Å². The maximum absolute atomic E-state index is 12.6. The van der Waals surface area contributed by atoms with Crippen LogP contribution in [0.3, 0.4) is 0 Å². The molecule has 2 N–H and O–H groups in total. The number of ether oxygens (including phenoxy) is 1. The Morgan fingerprint density at radius 1 is 0.769 bits per heavy atom. The highest BCUT2D eigenvalue weighted by Gasteiger charge is 2.13. The zero-order chi connectivity index (χ0) is 18.4. The first-order valence-electron chi connectivity index (χ1n) is 8.61. The summed E-state index contributed by atoms with van der Waals surface area (Å²) in [5.74, 6) is 0.396. The molecule has 1 amide bonds. The molecule has 0 spiro atoms. The van der Waals surface area contributed by atoms with E-state index in [1.807, 2.05) is 86.6 Å². The number of rotatable bonds is 6. The number of hydrogen-bond donors (Lipinski definition) is 2. The molecular weight excluding hydrogens is 324 g/mol. The molecule has 4 nitrogen and oxygen atoms in total. The van der Waals surface area contributed by atoms with Crippen molar-refractivity contribution in [3.05, 3.63) is 84.4 Å². The molecule has 0 aliphatic rings. The van der Waals surface area contributed by atoms with Crippen molar-refractivity contribution in [1.29, 1.82) is 0 Å². The molecule has 0 saturated heterocycles. The molecule has 0 saturated carbocycles. The van der Waals surface area contributed by atoms with Gasteiger partial charge < -0.3 is 15.4 Å². The summed E-state index contributed by atoms with van der Waals surface area (Å²) in [6, 6.07) is 24.8. The molecule has 0 radical (unpaired) electrons. The van der Waals surface area contributed by atoms with Crippen LogP contribution < -0.4 is 15.4 Å². The van der Waals surface area contributed by atoms with Crippen LogP contribution in [0.2, 0.25) is 0 Å². The fourth-order valence-electron chi connectivity index (χ4n) is 2.53. The molecule has 0 atom stereocenters. The normalized spacial score (nSPS) is 10.4. The molecule has 0 aliphatic heterocycles. The average Bonchev–Trinajstić information content (AvgIpc) is 2.64. The van der Waals surface area contributed by atoms with Gasteiger partial charge in [-0.1, -0.05) is 30.3 Å². The monoisotopic (exact) mass is 346 g/mol. The SMILES string of the molecule is CC(C)Oc1ccccc1C(=O)Nc1ccc(Nc2ccccc2)cc1. The van der Waals surface area contributed by atoms with Crippen LogP contribution in [-0.4, -0.2) is 12.0 Å². The Kier molecular flexibility index (Phi) is 5.54. The fraction of sp³-hybridized carbons (Fsp3) is 0.136. The van der Waals surface area contributed by atoms with E-state index in [2.05, 4.69) is 10.6 Å². The van der Waals surface area contributed by atoms with Gasteiger partial charge in [-0.05, 0) is 62.4 Å². The maximum Gasteiger partial charge on any atom is 0.259 e. The lowest BCUT2D eigenvalue weighted by Gasteiger charge is -2.14. The number of anilines is 3. The van der Waals surface area contributed by atoms with Crippen LogP contribution in [-0.2, 0) is 0 Å². The van der Waals surface area contributed by atoms with E-state index in [0.717, 1.165) is 17.1 Å². The minimum absolute atomic E-state index is 0.00675. The highest BCUT2D eigenvalue weighted by molar-refractivity contribution is 6.06. The van der Waals surface area contributed by atoms with Crippen molar-refractivity contribution in [2.75, 3.05) is 10.6 Å². The van der Waals surface area contributed by atoms with E-state index in [4.69, 9.17) is 4.74 Å². The molecule has 132 valence electrons. The van der Waals surface area contributed by atoms with Gasteiger partial charge in [0.25, 0.3) is 5.91 Å². The zero-order valence-electron chi connectivity index (χ0n) is 14.9. The molecule has 4 heteroatoms. The Labute approximate surface area is 153 Å². The number of benzene rings is 3. The molecular formula is C22H22N2O2. The summed E-state index contributed by atoms with van der Waals surface area (Å²) in [5.41, 5.74) is 3.22. The van der Waals surface area contributed by atoms with Crippen LogP contribution in [0, 0.1) is 0 Å². The maximum atomic E-state index is 12.6. The number of para-hydroxylation sites is 2. The van der Waals surface area contributed by atoms with E-state index in [0.29, 0.717) is 11.3 Å². The van der Waals surface area contributed by atoms with Crippen LogP contribution in [0.1, 0.15) is 24.2 Å². The molecule has 3 rings (SSSR count). The Hall–Kier alpha value is -3.27. The van der Waals surface area contributed by atoms with E-state index in [9.17, 15) is 4.79 Å². The van der Waals surface area contributed by atoms with Crippen molar-refractivity contribution in [3.8, 4) is 5.75 Å². The van der Waals surface area contributed by atoms with E-state index in [1.165, 1.54) is 0 Å². The third-order valence-corrected chi connectivity index (χ3v) is 3.70. The summed E-state index contributed by atoms with van der Waals surface area (Å²) >= 11 is 0. The van der Waals surface area contributed by atoms with E-state index in [-0.39, 0.29) is 12.0 Å². The highest BCUT2D eigenvalue weighted by atomic mass is 16.5. The van der Waals surface area contributed by atoms with E-state index >= 15 is 0 Å². The average molecular weight is 346 g/mol. The predicted octanol–water partition coefficient (Wildman–Crippen LogP) is 5.47. The van der Waals surface area contributed by atoms with Crippen LogP contribution >= 0.6 is 0 Å². The molecule has 0 bridgehead atoms. The van der Waals surface area contributed by atoms with Crippen molar-refractivity contribution < 1.29 is 9.53 Å².